The number of pyridine rings is 1. The van der Waals surface area contributed by atoms with E-state index < -0.39 is 0 Å². The van der Waals surface area contributed by atoms with Crippen molar-refractivity contribution >= 4 is 0 Å². The molecule has 2 nitrogen and oxygen atoms in total. The minimum atomic E-state index is 0.601. The van der Waals surface area contributed by atoms with Gasteiger partial charge >= 0.3 is 0 Å². The van der Waals surface area contributed by atoms with Crippen LogP contribution in [0.4, 0.5) is 0 Å². The molecule has 0 aliphatic carbocycles. The summed E-state index contributed by atoms with van der Waals surface area (Å²) in [5.41, 5.74) is 1.37. The molecule has 0 unspecified atom stereocenters. The van der Waals surface area contributed by atoms with Crippen molar-refractivity contribution in [2.75, 3.05) is 6.54 Å². The Labute approximate surface area is 86.0 Å². The molecule has 0 radical (unpaired) electrons. The Bertz CT molecular complexity index is 282. The van der Waals surface area contributed by atoms with Gasteiger partial charge in [0, 0.05) is 24.5 Å². The van der Waals surface area contributed by atoms with Crippen molar-refractivity contribution in [2.24, 2.45) is 0 Å². The van der Waals surface area contributed by atoms with Gasteiger partial charge in [-0.3, -0.25) is 9.88 Å². The van der Waals surface area contributed by atoms with Gasteiger partial charge < -0.3 is 0 Å². The van der Waals surface area contributed by atoms with Crippen LogP contribution in [-0.2, 0) is 0 Å². The number of nitrogens with zero attached hydrogens (tertiary/aromatic N) is 2. The van der Waals surface area contributed by atoms with Crippen LogP contribution in [0.5, 0.6) is 0 Å². The van der Waals surface area contributed by atoms with E-state index >= 15 is 0 Å². The van der Waals surface area contributed by atoms with Crippen LogP contribution >= 0.6 is 0 Å². The summed E-state index contributed by atoms with van der Waals surface area (Å²) in [6.45, 7) is 5.78. The fourth-order valence-electron chi connectivity index (χ4n) is 2.34. The molecule has 1 aromatic heterocycles. The van der Waals surface area contributed by atoms with Gasteiger partial charge in [-0.1, -0.05) is 6.07 Å². The molecule has 2 heteroatoms. The van der Waals surface area contributed by atoms with Crippen molar-refractivity contribution in [3.8, 4) is 0 Å². The highest BCUT2D eigenvalue weighted by Crippen LogP contribution is 2.32. The summed E-state index contributed by atoms with van der Waals surface area (Å²) in [6.07, 6.45) is 6.45. The third-order valence-electron chi connectivity index (χ3n) is 3.03. The topological polar surface area (TPSA) is 16.1 Å². The maximum atomic E-state index is 4.20. The summed E-state index contributed by atoms with van der Waals surface area (Å²) >= 11 is 0. The van der Waals surface area contributed by atoms with Crippen molar-refractivity contribution in [1.29, 1.82) is 0 Å². The van der Waals surface area contributed by atoms with Gasteiger partial charge in [0.25, 0.3) is 0 Å². The maximum absolute atomic E-state index is 4.20. The zero-order valence-electron chi connectivity index (χ0n) is 8.98. The average Bonchev–Trinajstić information content (AvgIpc) is 2.67. The molecule has 1 atom stereocenters. The molecule has 1 aromatic rings. The summed E-state index contributed by atoms with van der Waals surface area (Å²) in [7, 11) is 0. The van der Waals surface area contributed by atoms with E-state index in [4.69, 9.17) is 0 Å². The summed E-state index contributed by atoms with van der Waals surface area (Å²) in [5, 5.41) is 0. The molecule has 0 N–H and O–H groups in total. The second kappa shape index (κ2) is 4.09. The number of likely N-dealkylation sites (tertiary alicyclic amines) is 1. The monoisotopic (exact) mass is 190 g/mol. The van der Waals surface area contributed by atoms with E-state index in [2.05, 4.69) is 29.8 Å². The normalized spacial score (nSPS) is 23.2. The summed E-state index contributed by atoms with van der Waals surface area (Å²) < 4.78 is 0. The van der Waals surface area contributed by atoms with E-state index in [1.165, 1.54) is 24.9 Å². The van der Waals surface area contributed by atoms with Gasteiger partial charge in [0.2, 0.25) is 0 Å². The van der Waals surface area contributed by atoms with E-state index in [9.17, 15) is 0 Å². The summed E-state index contributed by atoms with van der Waals surface area (Å²) in [4.78, 5) is 6.76. The average molecular weight is 190 g/mol. The molecular formula is C12H18N2. The van der Waals surface area contributed by atoms with Crippen molar-refractivity contribution in [1.82, 2.24) is 9.88 Å². The maximum Gasteiger partial charge on any atom is 0.0366 e. The zero-order chi connectivity index (χ0) is 9.97. The van der Waals surface area contributed by atoms with E-state index in [0.29, 0.717) is 12.1 Å². The Hall–Kier alpha value is -0.890. The standard InChI is InChI=1S/C12H18N2/c1-10(2)14-8-4-6-12(14)11-5-3-7-13-9-11/h3,5,7,9-10,12H,4,6,8H2,1-2H3/t12-/m0/s1. The third kappa shape index (κ3) is 1.80. The molecule has 2 heterocycles. The molecule has 76 valence electrons. The van der Waals surface area contributed by atoms with Crippen LogP contribution in [0.3, 0.4) is 0 Å². The Morgan fingerprint density at radius 3 is 3.00 bits per heavy atom. The molecule has 1 fully saturated rings. The molecule has 1 saturated heterocycles. The molecular weight excluding hydrogens is 172 g/mol. The Morgan fingerprint density at radius 1 is 1.50 bits per heavy atom. The van der Waals surface area contributed by atoms with Gasteiger partial charge in [-0.15, -0.1) is 0 Å². The molecule has 0 spiro atoms. The van der Waals surface area contributed by atoms with E-state index in [1.54, 1.807) is 0 Å². The van der Waals surface area contributed by atoms with Crippen LogP contribution in [0, 0.1) is 0 Å². The quantitative estimate of drug-likeness (QED) is 0.712. The van der Waals surface area contributed by atoms with Crippen LogP contribution in [0.2, 0.25) is 0 Å². The van der Waals surface area contributed by atoms with Crippen molar-refractivity contribution in [3.63, 3.8) is 0 Å². The first kappa shape index (κ1) is 9.66. The Morgan fingerprint density at radius 2 is 2.36 bits per heavy atom. The summed E-state index contributed by atoms with van der Waals surface area (Å²) in [6, 6.07) is 5.47. The third-order valence-corrected chi connectivity index (χ3v) is 3.03. The lowest BCUT2D eigenvalue weighted by Gasteiger charge is -2.28. The predicted molar refractivity (Wildman–Crippen MR) is 58.1 cm³/mol. The molecule has 1 aliphatic rings. The number of rotatable bonds is 2. The second-order valence-corrected chi connectivity index (χ2v) is 4.28. The van der Waals surface area contributed by atoms with E-state index in [1.807, 2.05) is 18.5 Å². The molecule has 1 aliphatic heterocycles. The first-order valence-electron chi connectivity index (χ1n) is 5.44. The lowest BCUT2D eigenvalue weighted by molar-refractivity contribution is 0.205. The lowest BCUT2D eigenvalue weighted by Crippen LogP contribution is -2.30. The van der Waals surface area contributed by atoms with Gasteiger partial charge in [0.1, 0.15) is 0 Å². The van der Waals surface area contributed by atoms with Crippen molar-refractivity contribution in [2.45, 2.75) is 38.8 Å². The van der Waals surface area contributed by atoms with Crippen LogP contribution in [0.1, 0.15) is 38.3 Å². The zero-order valence-corrected chi connectivity index (χ0v) is 8.98. The lowest BCUT2D eigenvalue weighted by atomic mass is 10.1. The van der Waals surface area contributed by atoms with Crippen LogP contribution in [-0.4, -0.2) is 22.5 Å². The number of hydrogen-bond acceptors (Lipinski definition) is 2. The fraction of sp³-hybridized carbons (Fsp3) is 0.583. The van der Waals surface area contributed by atoms with Gasteiger partial charge in [0.15, 0.2) is 0 Å². The van der Waals surface area contributed by atoms with Gasteiger partial charge in [-0.25, -0.2) is 0 Å². The SMILES string of the molecule is CC(C)N1CCC[C@H]1c1cccnc1. The van der Waals surface area contributed by atoms with Gasteiger partial charge in [-0.05, 0) is 44.9 Å². The molecule has 0 saturated carbocycles. The van der Waals surface area contributed by atoms with Crippen molar-refractivity contribution < 1.29 is 0 Å². The van der Waals surface area contributed by atoms with E-state index in [0.717, 1.165) is 0 Å². The highest BCUT2D eigenvalue weighted by atomic mass is 15.2. The number of aromatic nitrogens is 1. The Balaban J connectivity index is 2.18. The molecule has 0 aromatic carbocycles. The Kier molecular flexibility index (Phi) is 2.82. The molecule has 0 bridgehead atoms. The highest BCUT2D eigenvalue weighted by molar-refractivity contribution is 5.15. The predicted octanol–water partition coefficient (Wildman–Crippen LogP) is 2.63. The van der Waals surface area contributed by atoms with Gasteiger partial charge in [0.05, 0.1) is 0 Å². The van der Waals surface area contributed by atoms with Crippen LogP contribution < -0.4 is 0 Å². The minimum absolute atomic E-state index is 0.601. The van der Waals surface area contributed by atoms with E-state index in [-0.39, 0.29) is 0 Å². The second-order valence-electron chi connectivity index (χ2n) is 4.28. The minimum Gasteiger partial charge on any atom is -0.294 e. The largest absolute Gasteiger partial charge is 0.294 e. The first-order valence-corrected chi connectivity index (χ1v) is 5.44. The first-order chi connectivity index (χ1) is 6.79. The molecule has 2 rings (SSSR count). The van der Waals surface area contributed by atoms with Crippen molar-refractivity contribution in [3.05, 3.63) is 30.1 Å². The number of hydrogen-bond donors (Lipinski definition) is 0. The summed E-state index contributed by atoms with van der Waals surface area (Å²) in [5.74, 6) is 0. The van der Waals surface area contributed by atoms with Crippen LogP contribution in [0.15, 0.2) is 24.5 Å². The van der Waals surface area contributed by atoms with Crippen LogP contribution in [0.25, 0.3) is 0 Å². The molecule has 14 heavy (non-hydrogen) atoms. The molecule has 0 amide bonds. The van der Waals surface area contributed by atoms with Gasteiger partial charge in [-0.2, -0.15) is 0 Å². The highest BCUT2D eigenvalue weighted by Gasteiger charge is 2.27. The fourth-order valence-corrected chi connectivity index (χ4v) is 2.34. The smallest absolute Gasteiger partial charge is 0.0366 e.